The fourth-order valence-corrected chi connectivity index (χ4v) is 5.97. The lowest BCUT2D eigenvalue weighted by atomic mass is 9.67. The number of fused-ring (bicyclic) bond motifs is 1. The van der Waals surface area contributed by atoms with Gasteiger partial charge in [-0.15, -0.1) is 11.3 Å². The number of aliphatic carboxylic acids is 1. The zero-order valence-electron chi connectivity index (χ0n) is 19.5. The molecule has 2 heterocycles. The van der Waals surface area contributed by atoms with Crippen LogP contribution in [-0.4, -0.2) is 20.6 Å². The normalized spacial score (nSPS) is 17.5. The van der Waals surface area contributed by atoms with E-state index in [-0.39, 0.29) is 23.2 Å². The Kier molecular flexibility index (Phi) is 5.93. The molecule has 170 valence electrons. The molecule has 0 amide bonds. The van der Waals surface area contributed by atoms with Crippen molar-refractivity contribution in [2.24, 2.45) is 7.05 Å². The molecule has 1 N–H and O–H groups in total. The first kappa shape index (κ1) is 22.6. The van der Waals surface area contributed by atoms with E-state index in [1.807, 2.05) is 53.4 Å². The second-order valence-corrected chi connectivity index (χ2v) is 11.3. The fourth-order valence-electron chi connectivity index (χ4n) is 4.59. The van der Waals surface area contributed by atoms with Crippen LogP contribution >= 0.6 is 11.3 Å². The summed E-state index contributed by atoms with van der Waals surface area (Å²) in [5.74, 6) is 0.392. The van der Waals surface area contributed by atoms with E-state index >= 15 is 0 Å². The van der Waals surface area contributed by atoms with Crippen LogP contribution in [0.1, 0.15) is 79.6 Å². The second-order valence-electron chi connectivity index (χ2n) is 10.1. The molecule has 3 aromatic rings. The number of carbonyl (C=O) groups is 1. The van der Waals surface area contributed by atoms with Gasteiger partial charge in [0.1, 0.15) is 18.2 Å². The third kappa shape index (κ3) is 4.46. The Morgan fingerprint density at radius 1 is 1.19 bits per heavy atom. The molecule has 0 bridgehead atoms. The van der Waals surface area contributed by atoms with Crippen molar-refractivity contribution in [3.05, 3.63) is 69.4 Å². The second kappa shape index (κ2) is 8.39. The van der Waals surface area contributed by atoms with Gasteiger partial charge in [0.05, 0.1) is 12.3 Å². The summed E-state index contributed by atoms with van der Waals surface area (Å²) >= 11 is 1.88. The number of imidazole rings is 1. The first-order valence-corrected chi connectivity index (χ1v) is 11.9. The zero-order chi connectivity index (χ0) is 23.1. The highest BCUT2D eigenvalue weighted by Gasteiger charge is 2.38. The summed E-state index contributed by atoms with van der Waals surface area (Å²) in [4.78, 5) is 18.5. The van der Waals surface area contributed by atoms with Gasteiger partial charge in [-0.1, -0.05) is 39.8 Å². The summed E-state index contributed by atoms with van der Waals surface area (Å²) in [6, 6.07) is 10.1. The van der Waals surface area contributed by atoms with Gasteiger partial charge in [-0.25, -0.2) is 4.98 Å². The lowest BCUT2D eigenvalue weighted by molar-refractivity contribution is -0.137. The smallest absolute Gasteiger partial charge is 0.304 e. The SMILES string of the molecule is Cn1ccnc1C(CC(=O)O)c1ccc(OCc2cc3c(s2)C(C)(C)CCC3(C)C)cc1. The third-order valence-electron chi connectivity index (χ3n) is 6.71. The maximum atomic E-state index is 11.4. The maximum absolute atomic E-state index is 11.4. The van der Waals surface area contributed by atoms with Crippen LogP contribution in [0.5, 0.6) is 5.75 Å². The molecule has 4 rings (SSSR count). The molecule has 0 fully saturated rings. The van der Waals surface area contributed by atoms with E-state index in [1.54, 1.807) is 6.20 Å². The summed E-state index contributed by atoms with van der Waals surface area (Å²) < 4.78 is 7.98. The fraction of sp³-hybridized carbons (Fsp3) is 0.462. The van der Waals surface area contributed by atoms with E-state index in [1.165, 1.54) is 28.2 Å². The molecule has 0 saturated heterocycles. The summed E-state index contributed by atoms with van der Waals surface area (Å²) in [5, 5.41) is 9.38. The largest absolute Gasteiger partial charge is 0.488 e. The lowest BCUT2D eigenvalue weighted by Crippen LogP contribution is -2.31. The molecule has 1 aliphatic carbocycles. The van der Waals surface area contributed by atoms with Gasteiger partial charge in [0, 0.05) is 29.2 Å². The highest BCUT2D eigenvalue weighted by Crippen LogP contribution is 2.49. The summed E-state index contributed by atoms with van der Waals surface area (Å²) in [6.07, 6.45) is 5.95. The molecular weight excluding hydrogens is 420 g/mol. The van der Waals surface area contributed by atoms with Crippen LogP contribution in [-0.2, 0) is 29.3 Å². The van der Waals surface area contributed by atoms with Gasteiger partial charge in [0.2, 0.25) is 0 Å². The van der Waals surface area contributed by atoms with Crippen molar-refractivity contribution in [2.75, 3.05) is 0 Å². The summed E-state index contributed by atoms with van der Waals surface area (Å²) in [5.41, 5.74) is 2.83. The number of nitrogens with zero attached hydrogens (tertiary/aromatic N) is 2. The van der Waals surface area contributed by atoms with E-state index in [0.29, 0.717) is 6.61 Å². The van der Waals surface area contributed by atoms with Gasteiger partial charge < -0.3 is 14.4 Å². The van der Waals surface area contributed by atoms with Gasteiger partial charge in [-0.05, 0) is 53.0 Å². The van der Waals surface area contributed by atoms with E-state index in [9.17, 15) is 9.90 Å². The molecule has 2 aromatic heterocycles. The van der Waals surface area contributed by atoms with Crippen LogP contribution in [0.25, 0.3) is 0 Å². The molecule has 1 unspecified atom stereocenters. The van der Waals surface area contributed by atoms with Gasteiger partial charge in [0.25, 0.3) is 0 Å². The predicted molar refractivity (Wildman–Crippen MR) is 128 cm³/mol. The Bertz CT molecular complexity index is 1080. The van der Waals surface area contributed by atoms with Crippen LogP contribution in [0.15, 0.2) is 42.7 Å². The summed E-state index contributed by atoms with van der Waals surface area (Å²) in [6.45, 7) is 9.91. The van der Waals surface area contributed by atoms with Crippen molar-refractivity contribution in [1.29, 1.82) is 0 Å². The van der Waals surface area contributed by atoms with Gasteiger partial charge in [-0.2, -0.15) is 0 Å². The molecule has 6 heteroatoms. The van der Waals surface area contributed by atoms with E-state index < -0.39 is 5.97 Å². The standard InChI is InChI=1S/C26H32N2O3S/c1-25(2)10-11-26(3,4)23-21(25)14-19(32-23)16-31-18-8-6-17(7-9-18)20(15-22(29)30)24-27-12-13-28(24)5/h6-9,12-14,20H,10-11,15-16H2,1-5H3,(H,29,30). The van der Waals surface area contributed by atoms with Crippen molar-refractivity contribution < 1.29 is 14.6 Å². The molecule has 1 aliphatic rings. The third-order valence-corrected chi connectivity index (χ3v) is 8.19. The topological polar surface area (TPSA) is 64.4 Å². The number of ether oxygens (including phenoxy) is 1. The molecule has 1 atom stereocenters. The average Bonchev–Trinajstić information content (AvgIpc) is 3.36. The number of carboxylic acid groups (broad SMARTS) is 1. The average molecular weight is 453 g/mol. The monoisotopic (exact) mass is 452 g/mol. The molecule has 0 radical (unpaired) electrons. The predicted octanol–water partition coefficient (Wildman–Crippen LogP) is 6.02. The Morgan fingerprint density at radius 2 is 1.88 bits per heavy atom. The number of carboxylic acids is 1. The number of hydrogen-bond donors (Lipinski definition) is 1. The number of aryl methyl sites for hydroxylation is 1. The Morgan fingerprint density at radius 3 is 2.47 bits per heavy atom. The van der Waals surface area contributed by atoms with Gasteiger partial charge >= 0.3 is 5.97 Å². The molecule has 0 saturated carbocycles. The molecule has 5 nitrogen and oxygen atoms in total. The van der Waals surface area contributed by atoms with Crippen molar-refractivity contribution in [3.63, 3.8) is 0 Å². The summed E-state index contributed by atoms with van der Waals surface area (Å²) in [7, 11) is 1.89. The number of aromatic nitrogens is 2. The minimum Gasteiger partial charge on any atom is -0.488 e. The van der Waals surface area contributed by atoms with Gasteiger partial charge in [-0.3, -0.25) is 4.79 Å². The first-order valence-electron chi connectivity index (χ1n) is 11.1. The highest BCUT2D eigenvalue weighted by molar-refractivity contribution is 7.12. The van der Waals surface area contributed by atoms with Gasteiger partial charge in [0.15, 0.2) is 0 Å². The van der Waals surface area contributed by atoms with Crippen molar-refractivity contribution in [2.45, 2.75) is 70.3 Å². The van der Waals surface area contributed by atoms with Crippen LogP contribution in [0.4, 0.5) is 0 Å². The lowest BCUT2D eigenvalue weighted by Gasteiger charge is -2.39. The number of rotatable bonds is 7. The molecular formula is C26H32N2O3S. The Balaban J connectivity index is 1.50. The Labute approximate surface area is 194 Å². The number of benzene rings is 1. The van der Waals surface area contributed by atoms with E-state index in [2.05, 4.69) is 38.7 Å². The molecule has 0 aliphatic heterocycles. The van der Waals surface area contributed by atoms with Crippen LogP contribution in [0, 0.1) is 0 Å². The number of thiophene rings is 1. The Hall–Kier alpha value is -2.60. The first-order chi connectivity index (χ1) is 15.1. The minimum atomic E-state index is -0.842. The van der Waals surface area contributed by atoms with Crippen molar-refractivity contribution in [1.82, 2.24) is 9.55 Å². The molecule has 1 aromatic carbocycles. The van der Waals surface area contributed by atoms with Crippen LogP contribution in [0.2, 0.25) is 0 Å². The molecule has 0 spiro atoms. The zero-order valence-corrected chi connectivity index (χ0v) is 20.3. The quantitative estimate of drug-likeness (QED) is 0.476. The maximum Gasteiger partial charge on any atom is 0.304 e. The molecule has 32 heavy (non-hydrogen) atoms. The van der Waals surface area contributed by atoms with Crippen molar-refractivity contribution in [3.8, 4) is 5.75 Å². The number of hydrogen-bond acceptors (Lipinski definition) is 4. The highest BCUT2D eigenvalue weighted by atomic mass is 32.1. The van der Waals surface area contributed by atoms with Crippen LogP contribution in [0.3, 0.4) is 0 Å². The minimum absolute atomic E-state index is 0.00260. The van der Waals surface area contributed by atoms with Crippen molar-refractivity contribution >= 4 is 17.3 Å². The van der Waals surface area contributed by atoms with E-state index in [0.717, 1.165) is 17.1 Å². The van der Waals surface area contributed by atoms with Crippen LogP contribution < -0.4 is 4.74 Å². The van der Waals surface area contributed by atoms with E-state index in [4.69, 9.17) is 4.74 Å².